The molecule has 3 aromatic rings. The zero-order valence-electron chi connectivity index (χ0n) is 13.3. The molecule has 0 aliphatic carbocycles. The third-order valence-corrected chi connectivity index (χ3v) is 3.73. The van der Waals surface area contributed by atoms with Crippen molar-refractivity contribution in [2.45, 2.75) is 6.54 Å². The molecule has 0 saturated carbocycles. The lowest BCUT2D eigenvalue weighted by Gasteiger charge is -2.16. The minimum atomic E-state index is -0.600. The first-order chi connectivity index (χ1) is 12.0. The van der Waals surface area contributed by atoms with E-state index >= 15 is 0 Å². The highest BCUT2D eigenvalue weighted by Crippen LogP contribution is 2.19. The Hall–Kier alpha value is -3.55. The third kappa shape index (κ3) is 3.23. The van der Waals surface area contributed by atoms with E-state index in [0.717, 1.165) is 0 Å². The van der Waals surface area contributed by atoms with Gasteiger partial charge in [0, 0.05) is 13.1 Å². The normalized spacial score (nSPS) is 10.6. The van der Waals surface area contributed by atoms with Crippen LogP contribution in [0.15, 0.2) is 53.3 Å². The second-order valence-electron chi connectivity index (χ2n) is 5.47. The fraction of sp³-hybridized carbons (Fsp3) is 0.118. The quantitative estimate of drug-likeness (QED) is 0.579. The average Bonchev–Trinajstić information content (AvgIpc) is 2.61. The van der Waals surface area contributed by atoms with Crippen molar-refractivity contribution in [2.75, 3.05) is 7.05 Å². The number of hydrogen-bond donors (Lipinski definition) is 1. The lowest BCUT2D eigenvalue weighted by molar-refractivity contribution is -0.385. The number of benzene rings is 2. The number of carbonyl (C=O) groups excluding carboxylic acids is 1. The van der Waals surface area contributed by atoms with Crippen LogP contribution in [0.1, 0.15) is 16.2 Å². The Labute approximate surface area is 141 Å². The second-order valence-corrected chi connectivity index (χ2v) is 5.47. The fourth-order valence-corrected chi connectivity index (χ4v) is 2.53. The summed E-state index contributed by atoms with van der Waals surface area (Å²) in [5, 5.41) is 11.5. The molecular weight excluding hydrogens is 324 g/mol. The molecule has 0 saturated heterocycles. The smallest absolute Gasteiger partial charge is 0.282 e. The van der Waals surface area contributed by atoms with E-state index in [-0.39, 0.29) is 23.4 Å². The number of amides is 1. The van der Waals surface area contributed by atoms with E-state index in [1.165, 1.54) is 30.1 Å². The zero-order valence-corrected chi connectivity index (χ0v) is 13.3. The van der Waals surface area contributed by atoms with Crippen molar-refractivity contribution in [3.05, 3.63) is 80.4 Å². The van der Waals surface area contributed by atoms with Gasteiger partial charge < -0.3 is 9.88 Å². The van der Waals surface area contributed by atoms with Crippen LogP contribution in [0.2, 0.25) is 0 Å². The van der Waals surface area contributed by atoms with Gasteiger partial charge in [-0.15, -0.1) is 0 Å². The SMILES string of the molecule is CN(Cc1nc2ccccc2c(=O)[nH]1)C(=O)c1ccccc1[N+](=O)[O-]. The molecule has 0 atom stereocenters. The molecule has 1 heterocycles. The Balaban J connectivity index is 1.90. The van der Waals surface area contributed by atoms with Gasteiger partial charge in [-0.2, -0.15) is 0 Å². The van der Waals surface area contributed by atoms with Crippen LogP contribution in [0.25, 0.3) is 10.9 Å². The molecule has 1 N–H and O–H groups in total. The van der Waals surface area contributed by atoms with Crippen molar-refractivity contribution >= 4 is 22.5 Å². The minimum Gasteiger partial charge on any atom is -0.334 e. The van der Waals surface area contributed by atoms with Gasteiger partial charge in [-0.3, -0.25) is 19.7 Å². The number of hydrogen-bond acceptors (Lipinski definition) is 5. The maximum absolute atomic E-state index is 12.5. The molecule has 126 valence electrons. The number of nitrogens with one attached hydrogen (secondary N) is 1. The maximum atomic E-state index is 12.5. The second kappa shape index (κ2) is 6.52. The summed E-state index contributed by atoms with van der Waals surface area (Å²) in [4.78, 5) is 43.3. The summed E-state index contributed by atoms with van der Waals surface area (Å²) < 4.78 is 0. The highest BCUT2D eigenvalue weighted by Gasteiger charge is 2.22. The van der Waals surface area contributed by atoms with Crippen LogP contribution in [-0.4, -0.2) is 32.7 Å². The molecule has 8 heteroatoms. The molecular formula is C17H14N4O4. The first-order valence-electron chi connectivity index (χ1n) is 7.44. The van der Waals surface area contributed by atoms with Gasteiger partial charge in [0.2, 0.25) is 0 Å². The molecule has 25 heavy (non-hydrogen) atoms. The van der Waals surface area contributed by atoms with Gasteiger partial charge in [0.05, 0.1) is 22.4 Å². The van der Waals surface area contributed by atoms with E-state index in [4.69, 9.17) is 0 Å². The number of nitro benzene ring substituents is 1. The first kappa shape index (κ1) is 16.3. The Kier molecular flexibility index (Phi) is 4.25. The predicted octanol–water partition coefficient (Wildman–Crippen LogP) is 2.10. The van der Waals surface area contributed by atoms with E-state index in [1.54, 1.807) is 30.3 Å². The number of aromatic nitrogens is 2. The molecule has 2 aromatic carbocycles. The Morgan fingerprint density at radius 3 is 2.64 bits per heavy atom. The van der Waals surface area contributed by atoms with Gasteiger partial charge >= 0.3 is 0 Å². The van der Waals surface area contributed by atoms with E-state index in [1.807, 2.05) is 0 Å². The van der Waals surface area contributed by atoms with Crippen LogP contribution < -0.4 is 5.56 Å². The molecule has 8 nitrogen and oxygen atoms in total. The van der Waals surface area contributed by atoms with E-state index < -0.39 is 10.8 Å². The minimum absolute atomic E-state index is 0.0156. The van der Waals surface area contributed by atoms with E-state index in [9.17, 15) is 19.7 Å². The van der Waals surface area contributed by atoms with Crippen molar-refractivity contribution in [3.8, 4) is 0 Å². The molecule has 1 aromatic heterocycles. The molecule has 0 radical (unpaired) electrons. The van der Waals surface area contributed by atoms with Crippen LogP contribution in [0.4, 0.5) is 5.69 Å². The highest BCUT2D eigenvalue weighted by atomic mass is 16.6. The molecule has 0 unspecified atom stereocenters. The Morgan fingerprint density at radius 1 is 1.20 bits per heavy atom. The average molecular weight is 338 g/mol. The Bertz CT molecular complexity index is 1030. The summed E-state index contributed by atoms with van der Waals surface area (Å²) in [5.74, 6) is -0.221. The monoisotopic (exact) mass is 338 g/mol. The predicted molar refractivity (Wildman–Crippen MR) is 91.3 cm³/mol. The number of nitro groups is 1. The number of aromatic amines is 1. The van der Waals surface area contributed by atoms with Crippen molar-refractivity contribution in [1.82, 2.24) is 14.9 Å². The molecule has 0 aliphatic heterocycles. The molecule has 0 aliphatic rings. The van der Waals surface area contributed by atoms with Gasteiger partial charge in [-0.25, -0.2) is 4.98 Å². The number of carbonyl (C=O) groups is 1. The van der Waals surface area contributed by atoms with Crippen LogP contribution in [0, 0.1) is 10.1 Å². The van der Waals surface area contributed by atoms with Crippen LogP contribution in [-0.2, 0) is 6.54 Å². The summed E-state index contributed by atoms with van der Waals surface area (Å²) in [6.07, 6.45) is 0. The number of nitrogens with zero attached hydrogens (tertiary/aromatic N) is 3. The molecule has 3 rings (SSSR count). The standard InChI is InChI=1S/C17H14N4O4/c1-20(17(23)12-7-3-5-9-14(12)21(24)25)10-15-18-13-8-4-2-6-11(13)16(22)19-15/h2-9H,10H2,1H3,(H,18,19,22). The van der Waals surface area contributed by atoms with E-state index in [2.05, 4.69) is 9.97 Å². The van der Waals surface area contributed by atoms with Crippen molar-refractivity contribution in [1.29, 1.82) is 0 Å². The van der Waals surface area contributed by atoms with Crippen LogP contribution in [0.5, 0.6) is 0 Å². The van der Waals surface area contributed by atoms with Gasteiger partial charge in [0.15, 0.2) is 0 Å². The van der Waals surface area contributed by atoms with Crippen LogP contribution >= 0.6 is 0 Å². The molecule has 1 amide bonds. The summed E-state index contributed by atoms with van der Waals surface area (Å²) in [6, 6.07) is 12.6. The van der Waals surface area contributed by atoms with Crippen molar-refractivity contribution in [3.63, 3.8) is 0 Å². The summed E-state index contributed by atoms with van der Waals surface area (Å²) in [6.45, 7) is 0.0188. The Morgan fingerprint density at radius 2 is 1.88 bits per heavy atom. The first-order valence-corrected chi connectivity index (χ1v) is 7.44. The van der Waals surface area contributed by atoms with Gasteiger partial charge in [-0.1, -0.05) is 24.3 Å². The fourth-order valence-electron chi connectivity index (χ4n) is 2.53. The number of H-pyrrole nitrogens is 1. The largest absolute Gasteiger partial charge is 0.334 e. The van der Waals surface area contributed by atoms with E-state index in [0.29, 0.717) is 16.7 Å². The summed E-state index contributed by atoms with van der Waals surface area (Å²) in [5.41, 5.74) is -0.0580. The van der Waals surface area contributed by atoms with Gasteiger partial charge in [0.1, 0.15) is 11.4 Å². The summed E-state index contributed by atoms with van der Waals surface area (Å²) in [7, 11) is 1.49. The topological polar surface area (TPSA) is 109 Å². The third-order valence-electron chi connectivity index (χ3n) is 3.73. The summed E-state index contributed by atoms with van der Waals surface area (Å²) >= 11 is 0. The van der Waals surface area contributed by atoms with Crippen LogP contribution in [0.3, 0.4) is 0 Å². The zero-order chi connectivity index (χ0) is 18.0. The van der Waals surface area contributed by atoms with Crippen molar-refractivity contribution in [2.24, 2.45) is 0 Å². The molecule has 0 spiro atoms. The lowest BCUT2D eigenvalue weighted by Crippen LogP contribution is -2.28. The van der Waals surface area contributed by atoms with Gasteiger partial charge in [-0.05, 0) is 18.2 Å². The van der Waals surface area contributed by atoms with Crippen molar-refractivity contribution < 1.29 is 9.72 Å². The molecule has 0 fully saturated rings. The molecule has 0 bridgehead atoms. The highest BCUT2D eigenvalue weighted by molar-refractivity contribution is 5.97. The lowest BCUT2D eigenvalue weighted by atomic mass is 10.1. The van der Waals surface area contributed by atoms with Gasteiger partial charge in [0.25, 0.3) is 17.2 Å². The maximum Gasteiger partial charge on any atom is 0.282 e. The number of para-hydroxylation sites is 2. The number of fused-ring (bicyclic) bond motifs is 1. The number of rotatable bonds is 4.